The Morgan fingerprint density at radius 3 is 2.50 bits per heavy atom. The normalized spacial score (nSPS) is 12.2. The highest BCUT2D eigenvalue weighted by molar-refractivity contribution is 5.69. The molecule has 20 heavy (non-hydrogen) atoms. The lowest BCUT2D eigenvalue weighted by Gasteiger charge is -2.22. The first-order valence-electron chi connectivity index (χ1n) is 6.28. The van der Waals surface area contributed by atoms with Crippen molar-refractivity contribution in [1.82, 2.24) is 4.90 Å². The van der Waals surface area contributed by atoms with Crippen LogP contribution in [0.15, 0.2) is 24.3 Å². The highest BCUT2D eigenvalue weighted by Crippen LogP contribution is 2.29. The summed E-state index contributed by atoms with van der Waals surface area (Å²) in [7, 11) is 0. The molecule has 0 unspecified atom stereocenters. The molecule has 0 bridgehead atoms. The van der Waals surface area contributed by atoms with Crippen LogP contribution in [0.5, 0.6) is 0 Å². The van der Waals surface area contributed by atoms with Gasteiger partial charge in [0, 0.05) is 13.1 Å². The second-order valence-corrected chi connectivity index (χ2v) is 5.16. The molecular formula is C14H18F3NO2. The zero-order chi connectivity index (χ0) is 15.3. The molecule has 3 nitrogen and oxygen atoms in total. The summed E-state index contributed by atoms with van der Waals surface area (Å²) in [6.07, 6.45) is -4.38. The monoisotopic (exact) mass is 289 g/mol. The number of nitrogens with zero attached hydrogens (tertiary/aromatic N) is 1. The van der Waals surface area contributed by atoms with Crippen molar-refractivity contribution in [3.8, 4) is 0 Å². The van der Waals surface area contributed by atoms with E-state index >= 15 is 0 Å². The van der Waals surface area contributed by atoms with Gasteiger partial charge >= 0.3 is 12.1 Å². The molecule has 1 aromatic rings. The molecule has 0 aromatic heterocycles. The Balaban J connectivity index is 2.85. The summed E-state index contributed by atoms with van der Waals surface area (Å²) in [5.41, 5.74) is -0.253. The Morgan fingerprint density at radius 1 is 1.35 bits per heavy atom. The first-order chi connectivity index (χ1) is 9.18. The minimum Gasteiger partial charge on any atom is -0.480 e. The van der Waals surface area contributed by atoms with Crippen LogP contribution in [0.3, 0.4) is 0 Å². The van der Waals surface area contributed by atoms with Crippen LogP contribution in [0.1, 0.15) is 25.0 Å². The van der Waals surface area contributed by atoms with Gasteiger partial charge in [0.25, 0.3) is 0 Å². The zero-order valence-electron chi connectivity index (χ0n) is 11.4. The quantitative estimate of drug-likeness (QED) is 0.874. The van der Waals surface area contributed by atoms with E-state index in [0.717, 1.165) is 12.1 Å². The first kappa shape index (κ1) is 16.5. The van der Waals surface area contributed by atoms with Gasteiger partial charge in [-0.1, -0.05) is 32.0 Å². The van der Waals surface area contributed by atoms with Gasteiger partial charge in [-0.15, -0.1) is 0 Å². The van der Waals surface area contributed by atoms with E-state index in [9.17, 15) is 18.0 Å². The van der Waals surface area contributed by atoms with E-state index in [1.807, 2.05) is 13.8 Å². The molecule has 0 amide bonds. The van der Waals surface area contributed by atoms with Gasteiger partial charge in [0.15, 0.2) is 0 Å². The largest absolute Gasteiger partial charge is 0.480 e. The number of rotatable bonds is 6. The molecule has 0 spiro atoms. The second-order valence-electron chi connectivity index (χ2n) is 5.16. The Kier molecular flexibility index (Phi) is 5.56. The van der Waals surface area contributed by atoms with Crippen LogP contribution in [-0.4, -0.2) is 29.1 Å². The van der Waals surface area contributed by atoms with Crippen LogP contribution >= 0.6 is 0 Å². The molecule has 0 fully saturated rings. The molecule has 0 saturated carbocycles. The van der Waals surface area contributed by atoms with Crippen molar-refractivity contribution in [3.63, 3.8) is 0 Å². The molecule has 112 valence electrons. The molecule has 0 saturated heterocycles. The Bertz CT molecular complexity index is 458. The predicted octanol–water partition coefficient (Wildman–Crippen LogP) is 3.25. The molecule has 0 atom stereocenters. The second kappa shape index (κ2) is 6.74. The minimum atomic E-state index is -4.38. The van der Waals surface area contributed by atoms with Gasteiger partial charge in [0.1, 0.15) is 0 Å². The van der Waals surface area contributed by atoms with E-state index in [0.29, 0.717) is 12.1 Å². The number of carboxylic acid groups (broad SMARTS) is 1. The van der Waals surface area contributed by atoms with Gasteiger partial charge < -0.3 is 5.11 Å². The summed E-state index contributed by atoms with van der Waals surface area (Å²) in [6, 6.07) is 4.99. The van der Waals surface area contributed by atoms with E-state index in [4.69, 9.17) is 5.11 Å². The average molecular weight is 289 g/mol. The van der Waals surface area contributed by atoms with Crippen LogP contribution in [0, 0.1) is 5.92 Å². The van der Waals surface area contributed by atoms with Gasteiger partial charge in [-0.3, -0.25) is 9.69 Å². The fourth-order valence-corrected chi connectivity index (χ4v) is 2.00. The molecule has 0 aliphatic heterocycles. The van der Waals surface area contributed by atoms with E-state index in [1.54, 1.807) is 11.0 Å². The third-order valence-corrected chi connectivity index (χ3v) is 2.64. The van der Waals surface area contributed by atoms with Crippen molar-refractivity contribution in [1.29, 1.82) is 0 Å². The van der Waals surface area contributed by atoms with Crippen LogP contribution in [0.4, 0.5) is 13.2 Å². The molecule has 0 radical (unpaired) electrons. The van der Waals surface area contributed by atoms with Crippen molar-refractivity contribution in [2.24, 2.45) is 5.92 Å². The van der Waals surface area contributed by atoms with Crippen LogP contribution in [0.25, 0.3) is 0 Å². The van der Waals surface area contributed by atoms with E-state index in [1.165, 1.54) is 6.07 Å². The van der Waals surface area contributed by atoms with Crippen molar-refractivity contribution >= 4 is 5.97 Å². The Hall–Kier alpha value is -1.56. The Labute approximate surface area is 116 Å². The SMILES string of the molecule is CC(C)CN(CC(=O)O)Cc1cccc(C(F)(F)F)c1. The fraction of sp³-hybridized carbons (Fsp3) is 0.500. The molecular weight excluding hydrogens is 271 g/mol. The number of hydrogen-bond donors (Lipinski definition) is 1. The molecule has 0 aliphatic carbocycles. The highest BCUT2D eigenvalue weighted by Gasteiger charge is 2.30. The van der Waals surface area contributed by atoms with Gasteiger partial charge in [0.2, 0.25) is 0 Å². The van der Waals surface area contributed by atoms with Crippen molar-refractivity contribution in [2.75, 3.05) is 13.1 Å². The van der Waals surface area contributed by atoms with Gasteiger partial charge in [0.05, 0.1) is 12.1 Å². The summed E-state index contributed by atoms with van der Waals surface area (Å²) >= 11 is 0. The van der Waals surface area contributed by atoms with E-state index in [2.05, 4.69) is 0 Å². The maximum Gasteiger partial charge on any atom is 0.416 e. The maximum absolute atomic E-state index is 12.6. The zero-order valence-corrected chi connectivity index (χ0v) is 11.4. The lowest BCUT2D eigenvalue weighted by Crippen LogP contribution is -2.32. The number of carbonyl (C=O) groups is 1. The maximum atomic E-state index is 12.6. The number of benzene rings is 1. The molecule has 0 heterocycles. The number of carboxylic acids is 1. The number of halogens is 3. The van der Waals surface area contributed by atoms with E-state index < -0.39 is 17.7 Å². The molecule has 1 rings (SSSR count). The van der Waals surface area contributed by atoms with Crippen LogP contribution < -0.4 is 0 Å². The van der Waals surface area contributed by atoms with Crippen molar-refractivity contribution in [3.05, 3.63) is 35.4 Å². The lowest BCUT2D eigenvalue weighted by molar-refractivity contribution is -0.139. The van der Waals surface area contributed by atoms with E-state index in [-0.39, 0.29) is 19.0 Å². The summed E-state index contributed by atoms with van der Waals surface area (Å²) in [5, 5.41) is 8.84. The van der Waals surface area contributed by atoms with Crippen molar-refractivity contribution < 1.29 is 23.1 Å². The van der Waals surface area contributed by atoms with Gasteiger partial charge in [-0.05, 0) is 17.5 Å². The number of alkyl halides is 3. The summed E-state index contributed by atoms with van der Waals surface area (Å²) in [4.78, 5) is 12.4. The summed E-state index contributed by atoms with van der Waals surface area (Å²) < 4.78 is 37.9. The predicted molar refractivity (Wildman–Crippen MR) is 69.2 cm³/mol. The highest BCUT2D eigenvalue weighted by atomic mass is 19.4. The third-order valence-electron chi connectivity index (χ3n) is 2.64. The summed E-state index contributed by atoms with van der Waals surface area (Å²) in [5.74, 6) is -0.752. The average Bonchev–Trinajstić information content (AvgIpc) is 2.26. The first-order valence-corrected chi connectivity index (χ1v) is 6.28. The number of hydrogen-bond acceptors (Lipinski definition) is 2. The van der Waals surface area contributed by atoms with Crippen LogP contribution in [-0.2, 0) is 17.5 Å². The third kappa shape index (κ3) is 5.61. The lowest BCUT2D eigenvalue weighted by atomic mass is 10.1. The van der Waals surface area contributed by atoms with Gasteiger partial charge in [-0.25, -0.2) is 0 Å². The smallest absolute Gasteiger partial charge is 0.416 e. The van der Waals surface area contributed by atoms with Crippen LogP contribution in [0.2, 0.25) is 0 Å². The number of aliphatic carboxylic acids is 1. The molecule has 1 N–H and O–H groups in total. The molecule has 6 heteroatoms. The molecule has 0 aliphatic rings. The summed E-state index contributed by atoms with van der Waals surface area (Å²) in [6.45, 7) is 4.38. The topological polar surface area (TPSA) is 40.5 Å². The van der Waals surface area contributed by atoms with Crippen molar-refractivity contribution in [2.45, 2.75) is 26.6 Å². The van der Waals surface area contributed by atoms with Gasteiger partial charge in [-0.2, -0.15) is 13.2 Å². The minimum absolute atomic E-state index is 0.186. The fourth-order valence-electron chi connectivity index (χ4n) is 2.00. The standard InChI is InChI=1S/C14H18F3NO2/c1-10(2)7-18(9-13(19)20)8-11-4-3-5-12(6-11)14(15,16)17/h3-6,10H,7-9H2,1-2H3,(H,19,20). The Morgan fingerprint density at radius 2 is 2.00 bits per heavy atom. The molecule has 1 aromatic carbocycles.